The fourth-order valence-electron chi connectivity index (χ4n) is 3.90. The monoisotopic (exact) mass is 562 g/mol. The number of imidazole rings is 1. The van der Waals surface area contributed by atoms with Gasteiger partial charge in [-0.25, -0.2) is 18.7 Å². The average Bonchev–Trinajstić information content (AvgIpc) is 3.39. The number of alkyl halides is 2. The number of hydrogen-bond acceptors (Lipinski definition) is 5. The molecule has 0 radical (unpaired) electrons. The molecule has 1 fully saturated rings. The molecule has 12 heteroatoms. The number of rotatable bonds is 8. The minimum Gasteiger partial charge on any atom is -0.481 e. The van der Waals surface area contributed by atoms with Gasteiger partial charge in [0.25, 0.3) is 5.92 Å². The van der Waals surface area contributed by atoms with Crippen LogP contribution in [0.2, 0.25) is 10.0 Å². The van der Waals surface area contributed by atoms with Gasteiger partial charge in [-0.2, -0.15) is 0 Å². The van der Waals surface area contributed by atoms with Crippen molar-refractivity contribution in [2.24, 2.45) is 0 Å². The number of hydrogen-bond donors (Lipinski definition) is 1. The highest BCUT2D eigenvalue weighted by Crippen LogP contribution is 2.42. The summed E-state index contributed by atoms with van der Waals surface area (Å²) in [5.74, 6) is -3.55. The van der Waals surface area contributed by atoms with E-state index in [9.17, 15) is 13.6 Å². The zero-order chi connectivity index (χ0) is 23.8. The van der Waals surface area contributed by atoms with E-state index < -0.39 is 24.5 Å². The van der Waals surface area contributed by atoms with Crippen molar-refractivity contribution in [3.8, 4) is 5.69 Å². The van der Waals surface area contributed by atoms with Crippen LogP contribution in [0.25, 0.3) is 16.6 Å². The smallest absolute Gasteiger partial charge is 0.305 e. The van der Waals surface area contributed by atoms with Gasteiger partial charge >= 0.3 is 5.97 Å². The maximum absolute atomic E-state index is 14.4. The molecule has 176 valence electrons. The minimum atomic E-state index is -2.90. The molecule has 3 aromatic rings. The van der Waals surface area contributed by atoms with Crippen LogP contribution in [-0.4, -0.2) is 57.3 Å². The molecule has 1 atom stereocenters. The Morgan fingerprint density at radius 1 is 1.30 bits per heavy atom. The van der Waals surface area contributed by atoms with Crippen LogP contribution in [-0.2, 0) is 9.53 Å². The van der Waals surface area contributed by atoms with E-state index in [-0.39, 0.29) is 36.1 Å². The molecule has 1 aliphatic rings. The Morgan fingerprint density at radius 3 is 2.79 bits per heavy atom. The molecule has 1 aliphatic heterocycles. The Hall–Kier alpha value is -2.01. The predicted octanol–water partition coefficient (Wildman–Crippen LogP) is 5.59. The number of anilines is 1. The van der Waals surface area contributed by atoms with Crippen molar-refractivity contribution in [2.75, 3.05) is 24.7 Å². The predicted molar refractivity (Wildman–Crippen MR) is 125 cm³/mol. The summed E-state index contributed by atoms with van der Waals surface area (Å²) in [6.07, 6.45) is 4.75. The van der Waals surface area contributed by atoms with Gasteiger partial charge in [-0.05, 0) is 28.4 Å². The number of benzene rings is 1. The average molecular weight is 564 g/mol. The molecular weight excluding hydrogens is 545 g/mol. The number of halogens is 5. The molecule has 0 spiro atoms. The molecule has 1 aromatic carbocycles. The molecule has 7 nitrogen and oxygen atoms in total. The van der Waals surface area contributed by atoms with Gasteiger partial charge in [-0.3, -0.25) is 4.79 Å². The molecule has 33 heavy (non-hydrogen) atoms. The Morgan fingerprint density at radius 2 is 2.09 bits per heavy atom. The third kappa shape index (κ3) is 5.24. The van der Waals surface area contributed by atoms with E-state index in [0.29, 0.717) is 33.3 Å². The Bertz CT molecular complexity index is 1180. The van der Waals surface area contributed by atoms with Gasteiger partial charge in [0.1, 0.15) is 5.82 Å². The molecule has 2 aromatic heterocycles. The first-order valence-corrected chi connectivity index (χ1v) is 11.6. The number of aromatic nitrogens is 3. The van der Waals surface area contributed by atoms with Crippen molar-refractivity contribution in [1.82, 2.24) is 14.5 Å². The second-order valence-corrected chi connectivity index (χ2v) is 9.35. The lowest BCUT2D eigenvalue weighted by molar-refractivity contribution is -0.138. The van der Waals surface area contributed by atoms with Gasteiger partial charge in [-0.1, -0.05) is 23.2 Å². The molecule has 0 unspecified atom stereocenters. The first kappa shape index (κ1) is 24.1. The van der Waals surface area contributed by atoms with Crippen molar-refractivity contribution in [3.05, 3.63) is 45.4 Å². The van der Waals surface area contributed by atoms with Crippen molar-refractivity contribution < 1.29 is 23.4 Å². The normalized spacial score (nSPS) is 17.7. The van der Waals surface area contributed by atoms with E-state index in [1.807, 2.05) is 0 Å². The zero-order valence-electron chi connectivity index (χ0n) is 17.1. The SMILES string of the molecule is O=C(O)CCOCC[C@@H]1CC(F)(F)CN1c1cc(-n2ccnc2)c2cc(Br)c(Cl)c(Cl)c2n1. The lowest BCUT2D eigenvalue weighted by atomic mass is 10.1. The number of carboxylic acid groups (broad SMARTS) is 1. The second-order valence-electron chi connectivity index (χ2n) is 7.74. The molecule has 1 N–H and O–H groups in total. The second kappa shape index (κ2) is 9.69. The lowest BCUT2D eigenvalue weighted by Gasteiger charge is -2.26. The first-order chi connectivity index (χ1) is 15.7. The molecule has 0 amide bonds. The number of aliphatic carboxylic acids is 1. The van der Waals surface area contributed by atoms with Crippen LogP contribution in [0, 0.1) is 0 Å². The van der Waals surface area contributed by atoms with Crippen LogP contribution in [0.3, 0.4) is 0 Å². The molecule has 0 aliphatic carbocycles. The van der Waals surface area contributed by atoms with Crippen LogP contribution in [0.15, 0.2) is 35.3 Å². The van der Waals surface area contributed by atoms with Crippen LogP contribution >= 0.6 is 39.1 Å². The van der Waals surface area contributed by atoms with Gasteiger partial charge in [0.2, 0.25) is 0 Å². The van der Waals surface area contributed by atoms with E-state index in [1.54, 1.807) is 40.3 Å². The summed E-state index contributed by atoms with van der Waals surface area (Å²) in [5, 5.41) is 9.88. The van der Waals surface area contributed by atoms with Crippen LogP contribution < -0.4 is 4.90 Å². The van der Waals surface area contributed by atoms with E-state index in [0.717, 1.165) is 0 Å². The zero-order valence-corrected chi connectivity index (χ0v) is 20.2. The number of fused-ring (bicyclic) bond motifs is 1. The van der Waals surface area contributed by atoms with Gasteiger partial charge < -0.3 is 19.3 Å². The highest BCUT2D eigenvalue weighted by Gasteiger charge is 2.45. The topological polar surface area (TPSA) is 80.5 Å². The fraction of sp³-hybridized carbons (Fsp3) is 0.381. The highest BCUT2D eigenvalue weighted by molar-refractivity contribution is 9.10. The van der Waals surface area contributed by atoms with Gasteiger partial charge in [-0.15, -0.1) is 0 Å². The largest absolute Gasteiger partial charge is 0.481 e. The quantitative estimate of drug-likeness (QED) is 0.284. The van der Waals surface area contributed by atoms with Gasteiger partial charge in [0.15, 0.2) is 0 Å². The summed E-state index contributed by atoms with van der Waals surface area (Å²) in [5.41, 5.74) is 1.05. The Balaban J connectivity index is 1.71. The molecule has 1 saturated heterocycles. The minimum absolute atomic E-state index is 0.0282. The van der Waals surface area contributed by atoms with Crippen molar-refractivity contribution in [3.63, 3.8) is 0 Å². The van der Waals surface area contributed by atoms with Crippen LogP contribution in [0.1, 0.15) is 19.3 Å². The number of pyridine rings is 1. The van der Waals surface area contributed by atoms with Gasteiger partial charge in [0.05, 0.1) is 47.1 Å². The van der Waals surface area contributed by atoms with Crippen LogP contribution in [0.5, 0.6) is 0 Å². The van der Waals surface area contributed by atoms with Crippen molar-refractivity contribution >= 4 is 61.8 Å². The summed E-state index contributed by atoms with van der Waals surface area (Å²) in [4.78, 5) is 20.9. The molecular formula is C21H19BrCl2F2N4O3. The van der Waals surface area contributed by atoms with Crippen molar-refractivity contribution in [2.45, 2.75) is 31.2 Å². The summed E-state index contributed by atoms with van der Waals surface area (Å²) in [6.45, 7) is -0.316. The van der Waals surface area contributed by atoms with Crippen LogP contribution in [0.4, 0.5) is 14.6 Å². The summed E-state index contributed by atoms with van der Waals surface area (Å²) < 4.78 is 36.5. The van der Waals surface area contributed by atoms with Gasteiger partial charge in [0, 0.05) is 47.4 Å². The number of carboxylic acids is 1. The lowest BCUT2D eigenvalue weighted by Crippen LogP contribution is -2.32. The fourth-order valence-corrected chi connectivity index (χ4v) is 4.84. The Labute approximate surface area is 206 Å². The Kier molecular flexibility index (Phi) is 7.09. The number of ether oxygens (including phenoxy) is 1. The molecule has 3 heterocycles. The highest BCUT2D eigenvalue weighted by atomic mass is 79.9. The maximum atomic E-state index is 14.4. The van der Waals surface area contributed by atoms with Crippen molar-refractivity contribution in [1.29, 1.82) is 0 Å². The third-order valence-electron chi connectivity index (χ3n) is 5.41. The standard InChI is InChI=1S/C21H19BrCl2F2N4O3/c22-14-7-13-15(29-4-3-27-11-29)8-16(28-20(13)19(24)18(14)23)30-10-21(25,26)9-12(30)1-5-33-6-2-17(31)32/h3-4,7-8,11-12H,1-2,5-6,9-10H2,(H,31,32)/t12-/m1/s1. The van der Waals surface area contributed by atoms with E-state index in [1.165, 1.54) is 0 Å². The summed E-state index contributed by atoms with van der Waals surface area (Å²) in [7, 11) is 0. The summed E-state index contributed by atoms with van der Waals surface area (Å²) >= 11 is 16.2. The van der Waals surface area contributed by atoms with E-state index in [2.05, 4.69) is 25.9 Å². The molecule has 0 bridgehead atoms. The van der Waals surface area contributed by atoms with E-state index >= 15 is 0 Å². The molecule has 4 rings (SSSR count). The maximum Gasteiger partial charge on any atom is 0.305 e. The summed E-state index contributed by atoms with van der Waals surface area (Å²) in [6, 6.07) is 2.96. The number of carbonyl (C=O) groups is 1. The first-order valence-electron chi connectivity index (χ1n) is 10.1. The molecule has 0 saturated carbocycles. The van der Waals surface area contributed by atoms with E-state index in [4.69, 9.17) is 33.0 Å². The third-order valence-corrected chi connectivity index (χ3v) is 7.12. The number of nitrogens with zero attached hydrogens (tertiary/aromatic N) is 4.